The lowest BCUT2D eigenvalue weighted by atomic mass is 9.52. The lowest BCUT2D eigenvalue weighted by Crippen LogP contribution is -2.53. The number of rotatable bonds is 7. The van der Waals surface area contributed by atoms with Crippen molar-refractivity contribution >= 4 is 5.91 Å². The van der Waals surface area contributed by atoms with Crippen LogP contribution in [0.3, 0.4) is 0 Å². The zero-order chi connectivity index (χ0) is 28.5. The van der Waals surface area contributed by atoms with E-state index in [9.17, 15) is 9.90 Å². The van der Waals surface area contributed by atoms with E-state index < -0.39 is 5.60 Å². The summed E-state index contributed by atoms with van der Waals surface area (Å²) in [4.78, 5) is 15.9. The van der Waals surface area contributed by atoms with Crippen molar-refractivity contribution in [2.75, 3.05) is 27.3 Å². The molecule has 3 atom stereocenters. The fourth-order valence-corrected chi connectivity index (χ4v) is 7.48. The number of benzene rings is 4. The molecular weight excluding hydrogens is 510 g/mol. The highest BCUT2D eigenvalue weighted by atomic mass is 16.5. The Balaban J connectivity index is 1.45. The van der Waals surface area contributed by atoms with E-state index in [-0.39, 0.29) is 29.6 Å². The third kappa shape index (κ3) is 4.68. The zero-order valence-electron chi connectivity index (χ0n) is 23.7. The number of carbonyl (C=O) groups excluding carboxylic acids is 1. The van der Waals surface area contributed by atoms with E-state index in [1.165, 1.54) is 11.1 Å². The first-order valence-electron chi connectivity index (χ1n) is 14.4. The Labute approximate surface area is 242 Å². The molecule has 4 aromatic rings. The molecule has 210 valence electrons. The fourth-order valence-electron chi connectivity index (χ4n) is 7.48. The van der Waals surface area contributed by atoms with Crippen LogP contribution in [0.4, 0.5) is 0 Å². The predicted molar refractivity (Wildman–Crippen MR) is 160 cm³/mol. The smallest absolute Gasteiger partial charge is 0.227 e. The van der Waals surface area contributed by atoms with Gasteiger partial charge >= 0.3 is 0 Å². The van der Waals surface area contributed by atoms with Gasteiger partial charge < -0.3 is 19.5 Å². The summed E-state index contributed by atoms with van der Waals surface area (Å²) in [5.41, 5.74) is 2.72. The van der Waals surface area contributed by atoms with Crippen molar-refractivity contribution in [3.8, 4) is 11.5 Å². The highest BCUT2D eigenvalue weighted by molar-refractivity contribution is 5.80. The van der Waals surface area contributed by atoms with E-state index in [1.54, 1.807) is 14.2 Å². The molecule has 4 aromatic carbocycles. The topological polar surface area (TPSA) is 59.0 Å². The van der Waals surface area contributed by atoms with E-state index in [0.717, 1.165) is 23.3 Å². The molecule has 41 heavy (non-hydrogen) atoms. The highest BCUT2D eigenvalue weighted by Crippen LogP contribution is 2.59. The SMILES string of the molecule is COc1cccc(C2(O)CCC(c3ccccc3)(c3ccccc3)C3CN(C(=O)Cc4ccccc4OC)CC32)c1. The second-order valence-corrected chi connectivity index (χ2v) is 11.4. The van der Waals surface area contributed by atoms with Gasteiger partial charge in [-0.3, -0.25) is 4.79 Å². The summed E-state index contributed by atoms with van der Waals surface area (Å²) < 4.78 is 11.1. The molecule has 3 unspecified atom stereocenters. The summed E-state index contributed by atoms with van der Waals surface area (Å²) in [6.45, 7) is 1.04. The first-order chi connectivity index (χ1) is 20.0. The second-order valence-electron chi connectivity index (χ2n) is 11.4. The molecule has 1 saturated carbocycles. The number of para-hydroxylation sites is 1. The van der Waals surface area contributed by atoms with Crippen LogP contribution in [0.5, 0.6) is 11.5 Å². The summed E-state index contributed by atoms with van der Waals surface area (Å²) in [6, 6.07) is 36.8. The lowest BCUT2D eigenvalue weighted by Gasteiger charge is -2.52. The first-order valence-corrected chi connectivity index (χ1v) is 14.4. The van der Waals surface area contributed by atoms with Crippen molar-refractivity contribution < 1.29 is 19.4 Å². The summed E-state index contributed by atoms with van der Waals surface area (Å²) in [7, 11) is 3.28. The monoisotopic (exact) mass is 547 g/mol. The molecule has 0 aromatic heterocycles. The average Bonchev–Trinajstić information content (AvgIpc) is 3.50. The van der Waals surface area contributed by atoms with Crippen LogP contribution in [-0.4, -0.2) is 43.2 Å². The van der Waals surface area contributed by atoms with Crippen molar-refractivity contribution in [1.29, 1.82) is 0 Å². The Morgan fingerprint density at radius 1 is 0.756 bits per heavy atom. The Hall–Kier alpha value is -4.09. The van der Waals surface area contributed by atoms with Gasteiger partial charge in [0.05, 0.1) is 26.2 Å². The number of ether oxygens (including phenoxy) is 2. The molecule has 5 heteroatoms. The van der Waals surface area contributed by atoms with Crippen LogP contribution >= 0.6 is 0 Å². The molecule has 2 aliphatic rings. The van der Waals surface area contributed by atoms with Gasteiger partial charge in [-0.2, -0.15) is 0 Å². The van der Waals surface area contributed by atoms with Gasteiger partial charge in [-0.1, -0.05) is 91.0 Å². The fraction of sp³-hybridized carbons (Fsp3) is 0.306. The Kier molecular flexibility index (Phi) is 7.31. The molecule has 0 bridgehead atoms. The normalized spacial score (nSPS) is 23.0. The lowest BCUT2D eigenvalue weighted by molar-refractivity contribution is -0.130. The molecule has 6 rings (SSSR count). The van der Waals surface area contributed by atoms with Crippen molar-refractivity contribution in [1.82, 2.24) is 4.90 Å². The molecule has 1 aliphatic heterocycles. The molecule has 1 saturated heterocycles. The molecule has 0 spiro atoms. The van der Waals surface area contributed by atoms with Crippen LogP contribution in [-0.2, 0) is 22.2 Å². The molecular formula is C36H37NO4. The minimum absolute atomic E-state index is 0.00105. The van der Waals surface area contributed by atoms with Gasteiger partial charge in [-0.05, 0) is 53.6 Å². The minimum atomic E-state index is -1.11. The van der Waals surface area contributed by atoms with E-state index >= 15 is 0 Å². The molecule has 1 aliphatic carbocycles. The van der Waals surface area contributed by atoms with Gasteiger partial charge in [-0.25, -0.2) is 0 Å². The Morgan fingerprint density at radius 3 is 2.02 bits per heavy atom. The van der Waals surface area contributed by atoms with Crippen LogP contribution in [0, 0.1) is 11.8 Å². The number of carbonyl (C=O) groups is 1. The number of aliphatic hydroxyl groups is 1. The number of nitrogens with zero attached hydrogens (tertiary/aromatic N) is 1. The van der Waals surface area contributed by atoms with Gasteiger partial charge in [0.2, 0.25) is 5.91 Å². The number of hydrogen-bond acceptors (Lipinski definition) is 4. The highest BCUT2D eigenvalue weighted by Gasteiger charge is 2.60. The van der Waals surface area contributed by atoms with E-state index in [4.69, 9.17) is 9.47 Å². The van der Waals surface area contributed by atoms with Crippen molar-refractivity contribution in [2.45, 2.75) is 30.3 Å². The van der Waals surface area contributed by atoms with Gasteiger partial charge in [0, 0.05) is 30.0 Å². The minimum Gasteiger partial charge on any atom is -0.497 e. The maximum absolute atomic E-state index is 13.9. The summed E-state index contributed by atoms with van der Waals surface area (Å²) >= 11 is 0. The van der Waals surface area contributed by atoms with Crippen LogP contribution in [0.15, 0.2) is 109 Å². The van der Waals surface area contributed by atoms with Gasteiger partial charge in [-0.15, -0.1) is 0 Å². The zero-order valence-corrected chi connectivity index (χ0v) is 23.7. The molecule has 1 N–H and O–H groups in total. The van der Waals surface area contributed by atoms with Crippen LogP contribution in [0.2, 0.25) is 0 Å². The predicted octanol–water partition coefficient (Wildman–Crippen LogP) is 5.99. The number of methoxy groups -OCH3 is 2. The van der Waals surface area contributed by atoms with Crippen molar-refractivity contribution in [3.05, 3.63) is 131 Å². The molecule has 2 fully saturated rings. The Morgan fingerprint density at radius 2 is 1.37 bits per heavy atom. The summed E-state index contributed by atoms with van der Waals surface area (Å²) in [5, 5.41) is 12.6. The van der Waals surface area contributed by atoms with E-state index in [1.807, 2.05) is 65.6 Å². The number of amides is 1. The van der Waals surface area contributed by atoms with Crippen molar-refractivity contribution in [3.63, 3.8) is 0 Å². The third-order valence-corrected chi connectivity index (χ3v) is 9.50. The van der Waals surface area contributed by atoms with Gasteiger partial charge in [0.1, 0.15) is 11.5 Å². The summed E-state index contributed by atoms with van der Waals surface area (Å²) in [5.74, 6) is 1.31. The third-order valence-electron chi connectivity index (χ3n) is 9.50. The number of fused-ring (bicyclic) bond motifs is 1. The number of likely N-dealkylation sites (tertiary alicyclic amines) is 1. The van der Waals surface area contributed by atoms with Gasteiger partial charge in [0.25, 0.3) is 0 Å². The maximum Gasteiger partial charge on any atom is 0.227 e. The first kappa shape index (κ1) is 27.1. The summed E-state index contributed by atoms with van der Waals surface area (Å²) in [6.07, 6.45) is 1.58. The van der Waals surface area contributed by atoms with Crippen molar-refractivity contribution in [2.24, 2.45) is 11.8 Å². The molecule has 5 nitrogen and oxygen atoms in total. The Bertz CT molecular complexity index is 1470. The quantitative estimate of drug-likeness (QED) is 0.309. The average molecular weight is 548 g/mol. The standard InChI is InChI=1S/C36H37NO4/c1-40-30-18-11-17-29(23-30)36(39)21-20-35(27-13-5-3-6-14-27,28-15-7-4-8-16-28)31-24-37(25-32(31)36)34(38)22-26-12-9-10-19-33(26)41-2/h3-19,23,31-32,39H,20-22,24-25H2,1-2H3. The molecule has 1 amide bonds. The van der Waals surface area contributed by atoms with Crippen LogP contribution < -0.4 is 9.47 Å². The van der Waals surface area contributed by atoms with Crippen LogP contribution in [0.1, 0.15) is 35.1 Å². The van der Waals surface area contributed by atoms with Crippen LogP contribution in [0.25, 0.3) is 0 Å². The van der Waals surface area contributed by atoms with E-state index in [0.29, 0.717) is 25.3 Å². The largest absolute Gasteiger partial charge is 0.497 e. The molecule has 1 heterocycles. The second kappa shape index (κ2) is 11.1. The molecule has 0 radical (unpaired) electrons. The number of hydrogen-bond donors (Lipinski definition) is 1. The maximum atomic E-state index is 13.9. The van der Waals surface area contributed by atoms with E-state index in [2.05, 4.69) is 48.5 Å². The van der Waals surface area contributed by atoms with Gasteiger partial charge in [0.15, 0.2) is 0 Å².